The predicted molar refractivity (Wildman–Crippen MR) is 195 cm³/mol. The van der Waals surface area contributed by atoms with Crippen molar-refractivity contribution in [3.63, 3.8) is 0 Å². The van der Waals surface area contributed by atoms with E-state index >= 15 is 0 Å². The van der Waals surface area contributed by atoms with Gasteiger partial charge in [-0.1, -0.05) is 121 Å². The molecule has 0 bridgehead atoms. The summed E-state index contributed by atoms with van der Waals surface area (Å²) < 4.78 is 6.58. The molecule has 0 saturated carbocycles. The molecule has 0 spiro atoms. The van der Waals surface area contributed by atoms with E-state index in [1.807, 2.05) is 40.8 Å². The molecule has 0 unspecified atom stereocenters. The number of fused-ring (bicyclic) bond motifs is 11. The summed E-state index contributed by atoms with van der Waals surface area (Å²) in [7, 11) is 0. The molecule has 4 heterocycles. The highest BCUT2D eigenvalue weighted by Gasteiger charge is 2.24. The van der Waals surface area contributed by atoms with Crippen LogP contribution in [0, 0.1) is 0 Å². The van der Waals surface area contributed by atoms with Crippen molar-refractivity contribution in [2.45, 2.75) is 0 Å². The van der Waals surface area contributed by atoms with Crippen LogP contribution in [0.25, 0.3) is 86.6 Å². The molecule has 0 N–H and O–H groups in total. The summed E-state index contributed by atoms with van der Waals surface area (Å²) in [4.78, 5) is 22.8. The van der Waals surface area contributed by atoms with Crippen LogP contribution < -0.4 is 5.69 Å². The minimum absolute atomic E-state index is 0.509. The molecule has 220 valence electrons. The molecule has 0 radical (unpaired) electrons. The van der Waals surface area contributed by atoms with E-state index in [9.17, 15) is 4.79 Å². The third kappa shape index (κ3) is 3.79. The molecule has 0 amide bonds. The molecular weight excluding hydrogens is 597 g/mol. The normalized spacial score (nSPS) is 11.9. The van der Waals surface area contributed by atoms with Crippen LogP contribution in [0.4, 0.5) is 0 Å². The molecule has 0 aliphatic rings. The Balaban J connectivity index is 1.45. The lowest BCUT2D eigenvalue weighted by Crippen LogP contribution is -2.20. The number of pyridine rings is 1. The molecule has 6 heteroatoms. The Morgan fingerprint density at radius 1 is 0.553 bits per heavy atom. The molecule has 0 fully saturated rings. The molecule has 4 aromatic heterocycles. The first-order valence-corrected chi connectivity index (χ1v) is 16.4. The zero-order chi connectivity index (χ0) is 31.1. The third-order valence-electron chi connectivity index (χ3n) is 9.19. The number of aromatic nitrogens is 4. The van der Waals surface area contributed by atoms with Crippen molar-refractivity contribution in [2.75, 3.05) is 0 Å². The average molecular weight is 621 g/mol. The summed E-state index contributed by atoms with van der Waals surface area (Å²) in [5.41, 5.74) is 5.97. The Labute approximate surface area is 272 Å². The maximum absolute atomic E-state index is 13.6. The van der Waals surface area contributed by atoms with Gasteiger partial charge >= 0.3 is 5.69 Å². The minimum Gasteiger partial charge on any atom is -0.277 e. The van der Waals surface area contributed by atoms with Crippen LogP contribution in [-0.2, 0) is 0 Å². The lowest BCUT2D eigenvalue weighted by Gasteiger charge is -2.16. The maximum Gasteiger partial charge on any atom is 0.372 e. The molecule has 47 heavy (non-hydrogen) atoms. The first-order valence-electron chi connectivity index (χ1n) is 15.6. The number of nitrogens with zero attached hydrogens (tertiary/aromatic N) is 4. The van der Waals surface area contributed by atoms with Gasteiger partial charge in [-0.25, -0.2) is 4.79 Å². The summed E-state index contributed by atoms with van der Waals surface area (Å²) in [6.07, 6.45) is 2.07. The van der Waals surface area contributed by atoms with Gasteiger partial charge < -0.3 is 0 Å². The van der Waals surface area contributed by atoms with Gasteiger partial charge in [0.05, 0.1) is 15.7 Å². The van der Waals surface area contributed by atoms with E-state index in [4.69, 9.17) is 4.98 Å². The first-order chi connectivity index (χ1) is 23.2. The van der Waals surface area contributed by atoms with E-state index in [0.29, 0.717) is 11.6 Å². The van der Waals surface area contributed by atoms with Gasteiger partial charge in [0.25, 0.3) is 0 Å². The van der Waals surface area contributed by atoms with Crippen molar-refractivity contribution in [2.24, 2.45) is 0 Å². The van der Waals surface area contributed by atoms with E-state index in [0.717, 1.165) is 44.1 Å². The predicted octanol–water partition coefficient (Wildman–Crippen LogP) is 10.0. The quantitative estimate of drug-likeness (QED) is 0.198. The zero-order valence-electron chi connectivity index (χ0n) is 25.0. The van der Waals surface area contributed by atoms with Gasteiger partial charge in [0.15, 0.2) is 5.65 Å². The SMILES string of the molecule is O=c1nc(-n2c3ccccc3c3c4ccccc4c4c5ccccc5sc4c32)n2cc(-c3ccccc3)cc(-c3ccccc3)c2n1. The Bertz CT molecular complexity index is 2920. The third-order valence-corrected chi connectivity index (χ3v) is 10.4. The molecule has 0 atom stereocenters. The highest BCUT2D eigenvalue weighted by molar-refractivity contribution is 7.27. The van der Waals surface area contributed by atoms with Crippen molar-refractivity contribution in [3.05, 3.63) is 156 Å². The van der Waals surface area contributed by atoms with Crippen LogP contribution in [0.2, 0.25) is 0 Å². The zero-order valence-corrected chi connectivity index (χ0v) is 25.8. The molecule has 5 nitrogen and oxygen atoms in total. The number of thiophene rings is 1. The number of para-hydroxylation sites is 1. The second-order valence-corrected chi connectivity index (χ2v) is 12.9. The smallest absolute Gasteiger partial charge is 0.277 e. The van der Waals surface area contributed by atoms with Gasteiger partial charge in [-0.2, -0.15) is 9.97 Å². The van der Waals surface area contributed by atoms with E-state index in [1.54, 1.807) is 11.3 Å². The van der Waals surface area contributed by atoms with Crippen LogP contribution in [0.1, 0.15) is 0 Å². The molecule has 10 rings (SSSR count). The van der Waals surface area contributed by atoms with Crippen molar-refractivity contribution in [3.8, 4) is 28.2 Å². The van der Waals surface area contributed by atoms with Gasteiger partial charge in [-0.15, -0.1) is 11.3 Å². The number of benzene rings is 6. The standard InChI is InChI=1S/C41H24N4OS/c46-40-42-39-32(26-15-5-2-6-16-26)23-27(25-13-3-1-4-14-25)24-44(39)41(43-40)45-33-21-11-9-19-30(33)35-28-17-7-8-18-29(28)36-31-20-10-12-22-34(31)47-38(36)37(35)45/h1-24H. The van der Waals surface area contributed by atoms with Crippen molar-refractivity contribution >= 4 is 69.7 Å². The lowest BCUT2D eigenvalue weighted by molar-refractivity contribution is 0.882. The molecule has 0 aliphatic carbocycles. The Kier molecular flexibility index (Phi) is 5.53. The Morgan fingerprint density at radius 2 is 1.17 bits per heavy atom. The minimum atomic E-state index is -0.524. The highest BCUT2D eigenvalue weighted by Crippen LogP contribution is 2.47. The van der Waals surface area contributed by atoms with E-state index in [2.05, 4.69) is 119 Å². The average Bonchev–Trinajstić information content (AvgIpc) is 3.69. The van der Waals surface area contributed by atoms with Gasteiger partial charge in [0.1, 0.15) is 0 Å². The fraction of sp³-hybridized carbons (Fsp3) is 0. The van der Waals surface area contributed by atoms with Crippen LogP contribution in [0.5, 0.6) is 0 Å². The van der Waals surface area contributed by atoms with Crippen molar-refractivity contribution in [1.29, 1.82) is 0 Å². The van der Waals surface area contributed by atoms with Gasteiger partial charge in [0, 0.05) is 38.0 Å². The lowest BCUT2D eigenvalue weighted by atomic mass is 9.99. The van der Waals surface area contributed by atoms with Crippen LogP contribution >= 0.6 is 11.3 Å². The summed E-state index contributed by atoms with van der Waals surface area (Å²) in [6, 6.07) is 48.3. The number of hydrogen-bond acceptors (Lipinski definition) is 4. The van der Waals surface area contributed by atoms with Gasteiger partial charge in [-0.3, -0.25) is 8.97 Å². The Morgan fingerprint density at radius 3 is 1.94 bits per heavy atom. The van der Waals surface area contributed by atoms with E-state index in [1.165, 1.54) is 30.9 Å². The fourth-order valence-corrected chi connectivity index (χ4v) is 8.48. The fourth-order valence-electron chi connectivity index (χ4n) is 7.22. The van der Waals surface area contributed by atoms with E-state index in [-0.39, 0.29) is 0 Å². The first kappa shape index (κ1) is 26.1. The van der Waals surface area contributed by atoms with Crippen LogP contribution in [0.15, 0.2) is 151 Å². The Hall–Kier alpha value is -6.11. The van der Waals surface area contributed by atoms with Crippen molar-refractivity contribution < 1.29 is 0 Å². The van der Waals surface area contributed by atoms with E-state index < -0.39 is 5.69 Å². The number of hydrogen-bond donors (Lipinski definition) is 0. The van der Waals surface area contributed by atoms with Gasteiger partial charge in [0.2, 0.25) is 5.95 Å². The molecule has 0 aliphatic heterocycles. The van der Waals surface area contributed by atoms with Crippen molar-refractivity contribution in [1.82, 2.24) is 18.9 Å². The molecule has 6 aromatic carbocycles. The molecular formula is C41H24N4OS. The summed E-state index contributed by atoms with van der Waals surface area (Å²) in [5.74, 6) is 0.509. The summed E-state index contributed by atoms with van der Waals surface area (Å²) in [6.45, 7) is 0. The highest BCUT2D eigenvalue weighted by atomic mass is 32.1. The summed E-state index contributed by atoms with van der Waals surface area (Å²) in [5, 5.41) is 7.10. The van der Waals surface area contributed by atoms with Crippen LogP contribution in [0.3, 0.4) is 0 Å². The molecule has 0 saturated heterocycles. The maximum atomic E-state index is 13.6. The molecule has 10 aromatic rings. The largest absolute Gasteiger partial charge is 0.372 e. The van der Waals surface area contributed by atoms with Gasteiger partial charge in [-0.05, 0) is 45.7 Å². The van der Waals surface area contributed by atoms with Crippen LogP contribution in [-0.4, -0.2) is 18.9 Å². The second kappa shape index (κ2) is 9.94. The monoisotopic (exact) mass is 620 g/mol. The number of rotatable bonds is 3. The topological polar surface area (TPSA) is 52.2 Å². The second-order valence-electron chi connectivity index (χ2n) is 11.8. The summed E-state index contributed by atoms with van der Waals surface area (Å²) >= 11 is 1.79.